The molecule has 0 radical (unpaired) electrons. The van der Waals surface area contributed by atoms with Crippen molar-refractivity contribution in [1.29, 1.82) is 0 Å². The number of aldehydes is 1. The van der Waals surface area contributed by atoms with Crippen molar-refractivity contribution in [2.75, 3.05) is 26.7 Å². The van der Waals surface area contributed by atoms with Crippen molar-refractivity contribution in [2.24, 2.45) is 22.2 Å². The summed E-state index contributed by atoms with van der Waals surface area (Å²) in [4.78, 5) is 22.4. The van der Waals surface area contributed by atoms with Gasteiger partial charge in [0.1, 0.15) is 6.29 Å². The van der Waals surface area contributed by atoms with Gasteiger partial charge in [-0.25, -0.2) is 0 Å². The number of hydrogen-bond acceptors (Lipinski definition) is 3. The molecule has 214 valence electrons. The van der Waals surface area contributed by atoms with Gasteiger partial charge < -0.3 is 10.2 Å². The monoisotopic (exact) mass is 508 g/mol. The third kappa shape index (κ3) is 19.0. The van der Waals surface area contributed by atoms with Crippen LogP contribution in [0, 0.1) is 22.2 Å². The number of hydrogen-bond donors (Lipinski definition) is 1. The van der Waals surface area contributed by atoms with Crippen LogP contribution in [0.5, 0.6) is 0 Å². The molecule has 36 heavy (non-hydrogen) atoms. The molecule has 1 heterocycles. The fourth-order valence-electron chi connectivity index (χ4n) is 4.70. The van der Waals surface area contributed by atoms with Gasteiger partial charge in [-0.1, -0.05) is 94.9 Å². The standard InChI is InChI=1S/C15H31N.C9H18.C5H7NO2.C3H8/c1-14(2)8-7-9-15(3,4)10-13-16-11-5-6-12-16;1-5-6-9(4)7-8(9,2)3;1-6-5(8)3-2-4-7;1-3-2/h14H,5-13H2,1-4H3;5-7H2,1-4H3;2-4H,1H3,(H,6,8);3H2,1-2H3/b;;3-2-;. The Bertz CT molecular complexity index is 589. The maximum absolute atomic E-state index is 10.2. The Morgan fingerprint density at radius 3 is 1.94 bits per heavy atom. The lowest BCUT2D eigenvalue weighted by Gasteiger charge is -2.27. The first-order chi connectivity index (χ1) is 16.7. The summed E-state index contributed by atoms with van der Waals surface area (Å²) in [5, 5.41) is 2.32. The lowest BCUT2D eigenvalue weighted by molar-refractivity contribution is -0.116. The van der Waals surface area contributed by atoms with E-state index in [1.54, 1.807) is 0 Å². The van der Waals surface area contributed by atoms with Crippen LogP contribution in [-0.2, 0) is 9.59 Å². The number of likely N-dealkylation sites (tertiary alicyclic amines) is 1. The summed E-state index contributed by atoms with van der Waals surface area (Å²) in [6.07, 6.45) is 16.7. The number of rotatable bonds is 11. The topological polar surface area (TPSA) is 49.4 Å². The van der Waals surface area contributed by atoms with Crippen LogP contribution >= 0.6 is 0 Å². The normalized spacial score (nSPS) is 20.4. The van der Waals surface area contributed by atoms with Crippen LogP contribution in [0.2, 0.25) is 0 Å². The molecular formula is C32H64N2O2. The fraction of sp³-hybridized carbons (Fsp3) is 0.875. The molecule has 1 amide bonds. The molecule has 0 spiro atoms. The van der Waals surface area contributed by atoms with E-state index in [1.165, 1.54) is 90.9 Å². The number of carbonyl (C=O) groups is 2. The molecule has 0 aromatic heterocycles. The molecular weight excluding hydrogens is 444 g/mol. The fourth-order valence-corrected chi connectivity index (χ4v) is 4.70. The zero-order valence-corrected chi connectivity index (χ0v) is 26.3. The highest BCUT2D eigenvalue weighted by molar-refractivity contribution is 5.90. The highest BCUT2D eigenvalue weighted by atomic mass is 16.1. The molecule has 0 bridgehead atoms. The van der Waals surface area contributed by atoms with Gasteiger partial charge in [0, 0.05) is 13.1 Å². The molecule has 1 atom stereocenters. The first-order valence-electron chi connectivity index (χ1n) is 14.8. The zero-order chi connectivity index (χ0) is 28.3. The third-order valence-electron chi connectivity index (χ3n) is 7.65. The Morgan fingerprint density at radius 1 is 1.06 bits per heavy atom. The second-order valence-corrected chi connectivity index (χ2v) is 12.9. The highest BCUT2D eigenvalue weighted by Gasteiger charge is 2.55. The van der Waals surface area contributed by atoms with E-state index in [4.69, 9.17) is 0 Å². The Kier molecular flexibility index (Phi) is 20.4. The maximum Gasteiger partial charge on any atom is 0.243 e. The van der Waals surface area contributed by atoms with E-state index in [1.807, 2.05) is 0 Å². The van der Waals surface area contributed by atoms with E-state index in [9.17, 15) is 9.59 Å². The summed E-state index contributed by atoms with van der Waals surface area (Å²) >= 11 is 0. The number of nitrogens with one attached hydrogen (secondary N) is 1. The van der Waals surface area contributed by atoms with Crippen molar-refractivity contribution >= 4 is 12.2 Å². The average molecular weight is 509 g/mol. The van der Waals surface area contributed by atoms with Gasteiger partial charge in [-0.3, -0.25) is 9.59 Å². The Balaban J connectivity index is 0. The second kappa shape index (κ2) is 19.9. The van der Waals surface area contributed by atoms with Crippen molar-refractivity contribution in [3.63, 3.8) is 0 Å². The molecule has 1 saturated heterocycles. The molecule has 2 rings (SSSR count). The minimum atomic E-state index is -0.267. The van der Waals surface area contributed by atoms with Gasteiger partial charge in [-0.05, 0) is 86.4 Å². The molecule has 2 fully saturated rings. The smallest absolute Gasteiger partial charge is 0.243 e. The van der Waals surface area contributed by atoms with Gasteiger partial charge in [0.2, 0.25) is 5.91 Å². The molecule has 2 aliphatic rings. The van der Waals surface area contributed by atoms with Crippen LogP contribution in [0.4, 0.5) is 0 Å². The van der Waals surface area contributed by atoms with E-state index in [-0.39, 0.29) is 5.91 Å². The van der Waals surface area contributed by atoms with Gasteiger partial charge in [0.25, 0.3) is 0 Å². The molecule has 0 aromatic carbocycles. The summed E-state index contributed by atoms with van der Waals surface area (Å²) in [5.41, 5.74) is 1.91. The number of amides is 1. The average Bonchev–Trinajstić information content (AvgIpc) is 3.13. The van der Waals surface area contributed by atoms with Crippen molar-refractivity contribution < 1.29 is 9.59 Å². The molecule has 0 aromatic rings. The van der Waals surface area contributed by atoms with Crippen LogP contribution < -0.4 is 5.32 Å². The molecule has 1 aliphatic carbocycles. The predicted octanol–water partition coefficient (Wildman–Crippen LogP) is 8.45. The van der Waals surface area contributed by atoms with E-state index in [0.29, 0.717) is 22.5 Å². The van der Waals surface area contributed by atoms with E-state index in [0.717, 1.165) is 18.1 Å². The summed E-state index contributed by atoms with van der Waals surface area (Å²) in [6.45, 7) is 27.3. The molecule has 1 aliphatic heterocycles. The maximum atomic E-state index is 10.2. The van der Waals surface area contributed by atoms with Crippen molar-refractivity contribution in [2.45, 2.75) is 133 Å². The SMILES string of the molecule is CC(C)CCCC(C)(C)CCN1CCCC1.CCC.CCCC1(C)CC1(C)C.CNC(=O)/C=C\C=O. The lowest BCUT2D eigenvalue weighted by atomic mass is 9.83. The van der Waals surface area contributed by atoms with Crippen molar-refractivity contribution in [3.8, 4) is 0 Å². The summed E-state index contributed by atoms with van der Waals surface area (Å²) < 4.78 is 0. The minimum Gasteiger partial charge on any atom is -0.356 e. The van der Waals surface area contributed by atoms with Crippen LogP contribution in [0.3, 0.4) is 0 Å². The number of allylic oxidation sites excluding steroid dienone is 1. The first kappa shape index (κ1) is 37.0. The van der Waals surface area contributed by atoms with Crippen LogP contribution in [-0.4, -0.2) is 43.8 Å². The predicted molar refractivity (Wildman–Crippen MR) is 159 cm³/mol. The summed E-state index contributed by atoms with van der Waals surface area (Å²) in [7, 11) is 1.50. The molecule has 4 heteroatoms. The van der Waals surface area contributed by atoms with Gasteiger partial charge >= 0.3 is 0 Å². The Morgan fingerprint density at radius 2 is 1.58 bits per heavy atom. The molecule has 1 saturated carbocycles. The van der Waals surface area contributed by atoms with Gasteiger partial charge in [0.15, 0.2) is 0 Å². The number of carbonyl (C=O) groups excluding carboxylic acids is 2. The van der Waals surface area contributed by atoms with Crippen LogP contribution in [0.25, 0.3) is 0 Å². The van der Waals surface area contributed by atoms with E-state index < -0.39 is 0 Å². The molecule has 4 nitrogen and oxygen atoms in total. The number of nitrogens with zero attached hydrogens (tertiary/aromatic N) is 1. The minimum absolute atomic E-state index is 0.267. The lowest BCUT2D eigenvalue weighted by Crippen LogP contribution is -2.25. The Labute approximate surface area is 226 Å². The van der Waals surface area contributed by atoms with Crippen molar-refractivity contribution in [1.82, 2.24) is 10.2 Å². The van der Waals surface area contributed by atoms with Gasteiger partial charge in [-0.2, -0.15) is 0 Å². The third-order valence-corrected chi connectivity index (χ3v) is 7.65. The van der Waals surface area contributed by atoms with Crippen LogP contribution in [0.1, 0.15) is 133 Å². The quantitative estimate of drug-likeness (QED) is 0.225. The van der Waals surface area contributed by atoms with Crippen molar-refractivity contribution in [3.05, 3.63) is 12.2 Å². The number of likely N-dealkylation sites (N-methyl/N-ethyl adjacent to an activating group) is 1. The zero-order valence-electron chi connectivity index (χ0n) is 26.3. The van der Waals surface area contributed by atoms with E-state index in [2.05, 4.69) is 79.5 Å². The summed E-state index contributed by atoms with van der Waals surface area (Å²) in [6, 6.07) is 0. The van der Waals surface area contributed by atoms with Gasteiger partial charge in [-0.15, -0.1) is 0 Å². The second-order valence-electron chi connectivity index (χ2n) is 12.9. The van der Waals surface area contributed by atoms with Crippen LogP contribution in [0.15, 0.2) is 12.2 Å². The Hall–Kier alpha value is -1.16. The molecule has 1 unspecified atom stereocenters. The van der Waals surface area contributed by atoms with Gasteiger partial charge in [0.05, 0.1) is 0 Å². The van der Waals surface area contributed by atoms with E-state index >= 15 is 0 Å². The largest absolute Gasteiger partial charge is 0.356 e. The highest BCUT2D eigenvalue weighted by Crippen LogP contribution is 2.65. The summed E-state index contributed by atoms with van der Waals surface area (Å²) in [5.74, 6) is 0.603. The molecule has 1 N–H and O–H groups in total. The first-order valence-corrected chi connectivity index (χ1v) is 14.8.